The van der Waals surface area contributed by atoms with Crippen molar-refractivity contribution in [3.8, 4) is 28.4 Å². The van der Waals surface area contributed by atoms with Gasteiger partial charge >= 0.3 is 6.01 Å². The van der Waals surface area contributed by atoms with Crippen LogP contribution in [-0.2, 0) is 6.42 Å². The molecule has 1 saturated heterocycles. The van der Waals surface area contributed by atoms with Gasteiger partial charge in [0.1, 0.15) is 0 Å². The summed E-state index contributed by atoms with van der Waals surface area (Å²) in [4.78, 5) is 20.2. The lowest BCUT2D eigenvalue weighted by atomic mass is 9.99. The molecule has 0 aliphatic carbocycles. The second-order valence-corrected chi connectivity index (χ2v) is 8.87. The summed E-state index contributed by atoms with van der Waals surface area (Å²) in [6.07, 6.45) is 8.80. The van der Waals surface area contributed by atoms with Gasteiger partial charge in [0.25, 0.3) is 0 Å². The number of nitrogens with zero attached hydrogens (tertiary/aromatic N) is 6. The van der Waals surface area contributed by atoms with Crippen LogP contribution in [0.1, 0.15) is 25.5 Å². The number of hydrogen-bond acceptors (Lipinski definition) is 5. The van der Waals surface area contributed by atoms with Gasteiger partial charge < -0.3 is 9.64 Å². The molecule has 0 radical (unpaired) electrons. The number of fused-ring (bicyclic) bond motifs is 1. The summed E-state index contributed by atoms with van der Waals surface area (Å²) < 4.78 is 8.24. The van der Waals surface area contributed by atoms with Crippen molar-refractivity contribution in [1.29, 1.82) is 0 Å². The van der Waals surface area contributed by atoms with Crippen molar-refractivity contribution in [2.45, 2.75) is 26.2 Å². The van der Waals surface area contributed by atoms with Crippen molar-refractivity contribution in [3.63, 3.8) is 0 Å². The summed E-state index contributed by atoms with van der Waals surface area (Å²) in [7, 11) is 2.16. The topological polar surface area (TPSA) is 59.9 Å². The number of benzene rings is 1. The average Bonchev–Trinajstić information content (AvgIpc) is 3.37. The first kappa shape index (κ1) is 22.1. The minimum Gasteiger partial charge on any atom is -0.464 e. The van der Waals surface area contributed by atoms with Gasteiger partial charge in [0.15, 0.2) is 11.3 Å². The second-order valence-electron chi connectivity index (χ2n) is 8.87. The molecule has 1 aliphatic heterocycles. The third kappa shape index (κ3) is 4.37. The lowest BCUT2D eigenvalue weighted by Gasteiger charge is -2.29. The quantitative estimate of drug-likeness (QED) is 0.372. The van der Waals surface area contributed by atoms with Crippen molar-refractivity contribution in [2.75, 3.05) is 26.7 Å². The molecule has 0 N–H and O–H groups in total. The number of aromatic nitrogens is 4. The molecular formula is C27H28N6O. The van der Waals surface area contributed by atoms with Crippen LogP contribution < -0.4 is 4.74 Å². The van der Waals surface area contributed by atoms with E-state index in [0.717, 1.165) is 59.7 Å². The van der Waals surface area contributed by atoms with Gasteiger partial charge in [-0.25, -0.2) is 9.83 Å². The summed E-state index contributed by atoms with van der Waals surface area (Å²) in [6.45, 7) is 12.2. The van der Waals surface area contributed by atoms with Crippen LogP contribution in [0.15, 0.2) is 55.0 Å². The molecule has 4 heterocycles. The molecule has 1 fully saturated rings. The van der Waals surface area contributed by atoms with Crippen LogP contribution >= 0.6 is 0 Å². The maximum Gasteiger partial charge on any atom is 0.302 e. The molecule has 0 spiro atoms. The Morgan fingerprint density at radius 1 is 1.12 bits per heavy atom. The van der Waals surface area contributed by atoms with Crippen LogP contribution in [0.2, 0.25) is 0 Å². The molecule has 0 saturated carbocycles. The molecule has 1 atom stereocenters. The molecular weight excluding hydrogens is 424 g/mol. The first-order valence-electron chi connectivity index (χ1n) is 11.8. The van der Waals surface area contributed by atoms with Gasteiger partial charge in [-0.3, -0.25) is 9.38 Å². The standard InChI is InChI=1S/C27H28N6O/c1-4-22-10-9-21(16-30-22)24-25(20-7-11-23(28-2)12-8-20)31-27(33-15-13-29-26(24)33)34-18-19-6-5-14-32(3)17-19/h7-13,15-16,19H,4-6,14,17-18H2,1,3H3/t19-/m1/s1. The molecule has 1 aliphatic rings. The lowest BCUT2D eigenvalue weighted by Crippen LogP contribution is -2.35. The van der Waals surface area contributed by atoms with Crippen LogP contribution in [0.3, 0.4) is 0 Å². The van der Waals surface area contributed by atoms with E-state index in [1.165, 1.54) is 6.42 Å². The summed E-state index contributed by atoms with van der Waals surface area (Å²) in [5.74, 6) is 0.478. The van der Waals surface area contributed by atoms with E-state index in [-0.39, 0.29) is 0 Å². The smallest absolute Gasteiger partial charge is 0.302 e. The zero-order valence-electron chi connectivity index (χ0n) is 19.6. The number of hydrogen-bond donors (Lipinski definition) is 0. The van der Waals surface area contributed by atoms with E-state index in [2.05, 4.69) is 39.8 Å². The van der Waals surface area contributed by atoms with Gasteiger partial charge in [0.2, 0.25) is 0 Å². The van der Waals surface area contributed by atoms with Gasteiger partial charge in [-0.15, -0.1) is 0 Å². The molecule has 4 aromatic rings. The monoisotopic (exact) mass is 452 g/mol. The molecule has 1 aromatic carbocycles. The number of ether oxygens (including phenoxy) is 1. The Bertz CT molecular complexity index is 1320. The maximum absolute atomic E-state index is 7.29. The van der Waals surface area contributed by atoms with E-state index in [1.54, 1.807) is 6.20 Å². The molecule has 0 bridgehead atoms. The highest BCUT2D eigenvalue weighted by Gasteiger charge is 2.22. The normalized spacial score (nSPS) is 16.4. The zero-order valence-corrected chi connectivity index (χ0v) is 19.6. The highest BCUT2D eigenvalue weighted by Crippen LogP contribution is 2.36. The fraction of sp³-hybridized carbons (Fsp3) is 0.333. The van der Waals surface area contributed by atoms with Gasteiger partial charge in [0.05, 0.1) is 24.4 Å². The van der Waals surface area contributed by atoms with Gasteiger partial charge in [-0.1, -0.05) is 37.3 Å². The number of rotatable bonds is 6. The number of pyridine rings is 1. The Balaban J connectivity index is 1.61. The van der Waals surface area contributed by atoms with E-state index < -0.39 is 0 Å². The van der Waals surface area contributed by atoms with E-state index in [1.807, 2.05) is 47.1 Å². The molecule has 7 nitrogen and oxygen atoms in total. The first-order chi connectivity index (χ1) is 16.7. The van der Waals surface area contributed by atoms with Crippen molar-refractivity contribution < 1.29 is 4.74 Å². The number of piperidine rings is 1. The van der Waals surface area contributed by atoms with Crippen LogP contribution in [0.4, 0.5) is 5.69 Å². The minimum atomic E-state index is 0.478. The van der Waals surface area contributed by atoms with Crippen LogP contribution in [0.5, 0.6) is 6.01 Å². The first-order valence-corrected chi connectivity index (χ1v) is 11.8. The fourth-order valence-corrected chi connectivity index (χ4v) is 4.61. The van der Waals surface area contributed by atoms with Crippen molar-refractivity contribution >= 4 is 11.3 Å². The number of aryl methyl sites for hydroxylation is 1. The highest BCUT2D eigenvalue weighted by molar-refractivity contribution is 5.90. The van der Waals surface area contributed by atoms with E-state index in [4.69, 9.17) is 16.3 Å². The minimum absolute atomic E-state index is 0.478. The Labute approximate surface area is 199 Å². The summed E-state index contributed by atoms with van der Waals surface area (Å²) in [5, 5.41) is 0. The van der Waals surface area contributed by atoms with Gasteiger partial charge in [-0.2, -0.15) is 4.98 Å². The van der Waals surface area contributed by atoms with E-state index in [0.29, 0.717) is 24.2 Å². The molecule has 172 valence electrons. The Morgan fingerprint density at radius 2 is 1.94 bits per heavy atom. The zero-order chi connectivity index (χ0) is 23.5. The highest BCUT2D eigenvalue weighted by atomic mass is 16.5. The SMILES string of the molecule is [C-]#[N+]c1ccc(-c2nc(OC[C@@H]3CCCN(C)C3)n3ccnc3c2-c2ccc(CC)nc2)cc1. The Kier molecular flexibility index (Phi) is 6.24. The van der Waals surface area contributed by atoms with Crippen LogP contribution in [-0.4, -0.2) is 51.0 Å². The van der Waals surface area contributed by atoms with Crippen molar-refractivity contribution in [2.24, 2.45) is 5.92 Å². The Morgan fingerprint density at radius 3 is 2.65 bits per heavy atom. The predicted molar refractivity (Wildman–Crippen MR) is 133 cm³/mol. The third-order valence-corrected chi connectivity index (χ3v) is 6.43. The van der Waals surface area contributed by atoms with Crippen molar-refractivity contribution in [1.82, 2.24) is 24.3 Å². The maximum atomic E-state index is 7.29. The number of likely N-dealkylation sites (tertiary alicyclic amines) is 1. The molecule has 5 rings (SSSR count). The van der Waals surface area contributed by atoms with E-state index >= 15 is 0 Å². The lowest BCUT2D eigenvalue weighted by molar-refractivity contribution is 0.143. The fourth-order valence-electron chi connectivity index (χ4n) is 4.61. The van der Waals surface area contributed by atoms with Crippen LogP contribution in [0, 0.1) is 12.5 Å². The molecule has 7 heteroatoms. The summed E-state index contributed by atoms with van der Waals surface area (Å²) >= 11 is 0. The largest absolute Gasteiger partial charge is 0.464 e. The predicted octanol–water partition coefficient (Wildman–Crippen LogP) is 5.29. The molecule has 0 unspecified atom stereocenters. The third-order valence-electron chi connectivity index (χ3n) is 6.43. The second kappa shape index (κ2) is 9.62. The summed E-state index contributed by atoms with van der Waals surface area (Å²) in [6, 6.07) is 12.2. The van der Waals surface area contributed by atoms with Crippen molar-refractivity contribution in [3.05, 3.63) is 72.1 Å². The molecule has 34 heavy (non-hydrogen) atoms. The molecule has 3 aromatic heterocycles. The average molecular weight is 453 g/mol. The van der Waals surface area contributed by atoms with Gasteiger partial charge in [-0.05, 0) is 44.5 Å². The summed E-state index contributed by atoms with van der Waals surface area (Å²) in [5.41, 5.74) is 5.95. The molecule has 0 amide bonds. The Hall–Kier alpha value is -3.76. The van der Waals surface area contributed by atoms with Crippen LogP contribution in [0.25, 0.3) is 32.9 Å². The van der Waals surface area contributed by atoms with E-state index in [9.17, 15) is 0 Å². The number of imidazole rings is 1. The van der Waals surface area contributed by atoms with Gasteiger partial charge in [0, 0.05) is 42.3 Å².